The highest BCUT2D eigenvalue weighted by atomic mass is 31.2. The van der Waals surface area contributed by atoms with Crippen LogP contribution in [-0.2, 0) is 42.1 Å². The number of allylic oxidation sites excluding steroid dienone is 2. The van der Waals surface area contributed by atoms with Crippen LogP contribution < -0.4 is 0 Å². The third-order valence-electron chi connectivity index (χ3n) is 12.2. The van der Waals surface area contributed by atoms with Crippen LogP contribution in [0.4, 0.5) is 0 Å². The molecule has 19 heteroatoms. The Bertz CT molecular complexity index is 1340. The standard InChI is InChI=1S/C47H87O18P/c1-3-5-7-9-11-13-15-17-19-21-23-25-27-29-36(49)60-32-34(62-37(50)30-28-26-24-22-20-18-16-14-12-10-8-6-4-2)33-61-66(58,59)65-46-43(56)41(54)40(53)42(55)45(46)64-47-44(57)39(52)38(51)35(31-48)63-47/h14,16,34-35,38-48,51-57H,3-13,15,17-33H2,1-2H3,(H,58,59)/b16-14-/t34-,35?,38-,39?,40-,41?,42?,43?,44-,45-,46-,47-/m1/s1. The SMILES string of the molecule is CCCCCC/C=C\CCCCCCCC(=O)O[C@H](COC(=O)CCCCCCCCCCCCCCC)COP(=O)(O)O[C@@H]1C(O)C(O)[C@@H](O)C(O)[C@H]1O[C@H]1OC(CO)[C@@H](O)C(O)[C@H]1O. The summed E-state index contributed by atoms with van der Waals surface area (Å²) >= 11 is 0. The van der Waals surface area contributed by atoms with Crippen molar-refractivity contribution < 1.29 is 87.9 Å². The molecule has 2 aliphatic rings. The van der Waals surface area contributed by atoms with Crippen molar-refractivity contribution in [3.63, 3.8) is 0 Å². The highest BCUT2D eigenvalue weighted by Crippen LogP contribution is 2.48. The van der Waals surface area contributed by atoms with Gasteiger partial charge < -0.3 is 64.7 Å². The van der Waals surface area contributed by atoms with Crippen molar-refractivity contribution in [1.82, 2.24) is 0 Å². The summed E-state index contributed by atoms with van der Waals surface area (Å²) in [7, 11) is -5.37. The fourth-order valence-electron chi connectivity index (χ4n) is 8.05. The highest BCUT2D eigenvalue weighted by molar-refractivity contribution is 7.47. The molecule has 0 aromatic rings. The number of hydrogen-bond acceptors (Lipinski definition) is 17. The number of aliphatic hydroxyl groups is 8. The lowest BCUT2D eigenvalue weighted by Gasteiger charge is -2.47. The number of carbonyl (C=O) groups excluding carboxylic acids is 2. The van der Waals surface area contributed by atoms with Gasteiger partial charge in [-0.3, -0.25) is 18.6 Å². The second-order valence-electron chi connectivity index (χ2n) is 18.0. The zero-order valence-electron chi connectivity index (χ0n) is 39.7. The molecule has 0 aromatic heterocycles. The molecule has 0 bridgehead atoms. The van der Waals surface area contributed by atoms with Gasteiger partial charge in [0.25, 0.3) is 0 Å². The van der Waals surface area contributed by atoms with Gasteiger partial charge in [0.15, 0.2) is 12.4 Å². The molecule has 1 saturated carbocycles. The third kappa shape index (κ3) is 24.3. The van der Waals surface area contributed by atoms with Crippen LogP contribution >= 0.6 is 7.82 Å². The fourth-order valence-corrected chi connectivity index (χ4v) is 9.02. The Morgan fingerprint density at radius 1 is 0.561 bits per heavy atom. The first-order chi connectivity index (χ1) is 31.7. The van der Waals surface area contributed by atoms with Crippen molar-refractivity contribution >= 4 is 19.8 Å². The topological polar surface area (TPSA) is 289 Å². The molecule has 1 aliphatic carbocycles. The molecule has 0 radical (unpaired) electrons. The lowest BCUT2D eigenvalue weighted by molar-refractivity contribution is -0.338. The monoisotopic (exact) mass is 971 g/mol. The van der Waals surface area contributed by atoms with Crippen LogP contribution in [0.2, 0.25) is 0 Å². The molecule has 9 N–H and O–H groups in total. The zero-order chi connectivity index (χ0) is 48.7. The van der Waals surface area contributed by atoms with E-state index in [0.29, 0.717) is 12.8 Å². The van der Waals surface area contributed by atoms with E-state index in [0.717, 1.165) is 64.2 Å². The molecular weight excluding hydrogens is 883 g/mol. The number of phosphoric acid groups is 1. The molecule has 13 atom stereocenters. The van der Waals surface area contributed by atoms with E-state index in [-0.39, 0.29) is 12.8 Å². The first kappa shape index (κ1) is 60.5. The van der Waals surface area contributed by atoms with E-state index in [2.05, 4.69) is 26.0 Å². The Hall–Kier alpha value is -1.61. The number of carbonyl (C=O) groups is 2. The van der Waals surface area contributed by atoms with Gasteiger partial charge in [-0.05, 0) is 38.5 Å². The van der Waals surface area contributed by atoms with Crippen molar-refractivity contribution in [2.75, 3.05) is 19.8 Å². The van der Waals surface area contributed by atoms with Crippen molar-refractivity contribution in [2.45, 2.75) is 254 Å². The van der Waals surface area contributed by atoms with Crippen LogP contribution in [0.15, 0.2) is 12.2 Å². The molecule has 0 spiro atoms. The Balaban J connectivity index is 1.96. The van der Waals surface area contributed by atoms with Gasteiger partial charge in [-0.1, -0.05) is 142 Å². The summed E-state index contributed by atoms with van der Waals surface area (Å²) in [6.45, 7) is 2.20. The van der Waals surface area contributed by atoms with Gasteiger partial charge in [0, 0.05) is 12.8 Å². The van der Waals surface area contributed by atoms with E-state index in [1.807, 2.05) is 0 Å². The lowest BCUT2D eigenvalue weighted by Crippen LogP contribution is -2.67. The van der Waals surface area contributed by atoms with Crippen LogP contribution in [0, 0.1) is 0 Å². The maximum absolute atomic E-state index is 13.4. The molecular formula is C47H87O18P. The van der Waals surface area contributed by atoms with Crippen molar-refractivity contribution in [1.29, 1.82) is 0 Å². The number of unbranched alkanes of at least 4 members (excludes halogenated alkanes) is 21. The summed E-state index contributed by atoms with van der Waals surface area (Å²) in [6.07, 6.45) is 7.30. The van der Waals surface area contributed by atoms with E-state index in [4.69, 9.17) is 28.0 Å². The van der Waals surface area contributed by atoms with E-state index in [1.165, 1.54) is 77.0 Å². The maximum Gasteiger partial charge on any atom is 0.472 e. The van der Waals surface area contributed by atoms with Crippen LogP contribution in [0.25, 0.3) is 0 Å². The molecule has 1 saturated heterocycles. The minimum Gasteiger partial charge on any atom is -0.462 e. The summed E-state index contributed by atoms with van der Waals surface area (Å²) in [5, 5.41) is 82.9. The third-order valence-corrected chi connectivity index (χ3v) is 13.2. The molecule has 2 fully saturated rings. The molecule has 1 heterocycles. The Morgan fingerprint density at radius 3 is 1.52 bits per heavy atom. The molecule has 0 amide bonds. The van der Waals surface area contributed by atoms with Gasteiger partial charge in [-0.25, -0.2) is 4.57 Å². The number of ether oxygens (including phenoxy) is 4. The predicted molar refractivity (Wildman–Crippen MR) is 245 cm³/mol. The Kier molecular flexibility index (Phi) is 32.5. The smallest absolute Gasteiger partial charge is 0.462 e. The van der Waals surface area contributed by atoms with Crippen molar-refractivity contribution in [3.05, 3.63) is 12.2 Å². The van der Waals surface area contributed by atoms with Crippen molar-refractivity contribution in [2.24, 2.45) is 0 Å². The average molecular weight is 971 g/mol. The highest BCUT2D eigenvalue weighted by Gasteiger charge is 2.55. The fraction of sp³-hybridized carbons (Fsp3) is 0.915. The Morgan fingerprint density at radius 2 is 1.00 bits per heavy atom. The van der Waals surface area contributed by atoms with E-state index in [1.54, 1.807) is 0 Å². The number of hydrogen-bond donors (Lipinski definition) is 9. The zero-order valence-corrected chi connectivity index (χ0v) is 40.6. The minimum atomic E-state index is -5.37. The summed E-state index contributed by atoms with van der Waals surface area (Å²) in [5.74, 6) is -1.22. The van der Waals surface area contributed by atoms with Crippen LogP contribution in [0.5, 0.6) is 0 Å². The summed E-state index contributed by atoms with van der Waals surface area (Å²) in [6, 6.07) is 0. The van der Waals surface area contributed by atoms with Gasteiger partial charge >= 0.3 is 19.8 Å². The first-order valence-electron chi connectivity index (χ1n) is 25.0. The lowest BCUT2D eigenvalue weighted by atomic mass is 9.84. The van der Waals surface area contributed by atoms with Gasteiger partial charge in [0.2, 0.25) is 0 Å². The molecule has 1 aliphatic heterocycles. The van der Waals surface area contributed by atoms with Gasteiger partial charge in [0.05, 0.1) is 13.2 Å². The number of rotatable bonds is 38. The maximum atomic E-state index is 13.4. The van der Waals surface area contributed by atoms with Crippen LogP contribution in [0.3, 0.4) is 0 Å². The van der Waals surface area contributed by atoms with E-state index in [9.17, 15) is 59.9 Å². The largest absolute Gasteiger partial charge is 0.472 e. The molecule has 388 valence electrons. The molecule has 2 rings (SSSR count). The van der Waals surface area contributed by atoms with Gasteiger partial charge in [0.1, 0.15) is 67.6 Å². The summed E-state index contributed by atoms with van der Waals surface area (Å²) in [4.78, 5) is 36.5. The quantitative estimate of drug-likeness (QED) is 0.0164. The Labute approximate surface area is 393 Å². The van der Waals surface area contributed by atoms with Crippen LogP contribution in [0.1, 0.15) is 181 Å². The predicted octanol–water partition coefficient (Wildman–Crippen LogP) is 5.32. The summed E-state index contributed by atoms with van der Waals surface area (Å²) in [5.41, 5.74) is 0. The first-order valence-corrected chi connectivity index (χ1v) is 26.5. The van der Waals surface area contributed by atoms with Crippen molar-refractivity contribution in [3.8, 4) is 0 Å². The molecule has 66 heavy (non-hydrogen) atoms. The second kappa shape index (κ2) is 35.5. The number of esters is 2. The van der Waals surface area contributed by atoms with Crippen LogP contribution in [-0.4, -0.2) is 151 Å². The summed E-state index contributed by atoms with van der Waals surface area (Å²) < 4.78 is 45.4. The second-order valence-corrected chi connectivity index (χ2v) is 19.4. The van der Waals surface area contributed by atoms with Gasteiger partial charge in [-0.15, -0.1) is 0 Å². The molecule has 6 unspecified atom stereocenters. The normalized spacial score (nSPS) is 28.3. The average Bonchev–Trinajstić information content (AvgIpc) is 3.29. The van der Waals surface area contributed by atoms with E-state index < -0.39 is 113 Å². The van der Waals surface area contributed by atoms with Gasteiger partial charge in [-0.2, -0.15) is 0 Å². The molecule has 0 aromatic carbocycles. The van der Waals surface area contributed by atoms with E-state index >= 15 is 0 Å². The number of aliphatic hydroxyl groups excluding tert-OH is 8. The number of phosphoric ester groups is 1. The minimum absolute atomic E-state index is 0.0255. The molecule has 18 nitrogen and oxygen atoms in total.